The molecule has 8 nitrogen and oxygen atoms in total. The van der Waals surface area contributed by atoms with E-state index in [1.165, 1.54) is 6.26 Å². The first-order valence-corrected chi connectivity index (χ1v) is 8.16. The van der Waals surface area contributed by atoms with Crippen LogP contribution in [0.4, 0.5) is 5.69 Å². The van der Waals surface area contributed by atoms with Gasteiger partial charge in [0, 0.05) is 18.0 Å². The topological polar surface area (TPSA) is 95.1 Å². The summed E-state index contributed by atoms with van der Waals surface area (Å²) in [4.78, 5) is 11.9. The van der Waals surface area contributed by atoms with Gasteiger partial charge in [-0.05, 0) is 55.5 Å². The van der Waals surface area contributed by atoms with Crippen molar-refractivity contribution in [1.82, 2.24) is 20.0 Å². The van der Waals surface area contributed by atoms with Crippen LogP contribution in [0.25, 0.3) is 5.82 Å². The molecule has 0 aliphatic carbocycles. The molecule has 0 fully saturated rings. The van der Waals surface area contributed by atoms with Crippen LogP contribution in [-0.2, 0) is 0 Å². The van der Waals surface area contributed by atoms with Crippen molar-refractivity contribution in [2.45, 2.75) is 6.92 Å². The second-order valence-electron chi connectivity index (χ2n) is 5.69. The molecule has 4 rings (SSSR count). The molecule has 0 bridgehead atoms. The Morgan fingerprint density at radius 1 is 1.07 bits per heavy atom. The maximum Gasteiger partial charge on any atom is 0.291 e. The predicted molar refractivity (Wildman–Crippen MR) is 97.1 cm³/mol. The zero-order valence-corrected chi connectivity index (χ0v) is 14.4. The molecule has 1 amide bonds. The Balaban J connectivity index is 1.40. The van der Waals surface area contributed by atoms with E-state index < -0.39 is 0 Å². The Morgan fingerprint density at radius 2 is 1.93 bits per heavy atom. The van der Waals surface area contributed by atoms with Gasteiger partial charge in [-0.25, -0.2) is 4.68 Å². The number of nitrogens with zero attached hydrogens (tertiary/aromatic N) is 4. The van der Waals surface area contributed by atoms with Crippen LogP contribution in [-0.4, -0.2) is 25.9 Å². The average molecular weight is 361 g/mol. The minimum Gasteiger partial charge on any atom is -0.459 e. The lowest BCUT2D eigenvalue weighted by Crippen LogP contribution is -2.10. The lowest BCUT2D eigenvalue weighted by molar-refractivity contribution is 0.0996. The minimum atomic E-state index is -0.316. The number of hydrogen-bond acceptors (Lipinski definition) is 6. The first-order valence-electron chi connectivity index (χ1n) is 8.16. The van der Waals surface area contributed by atoms with Crippen LogP contribution in [0, 0.1) is 6.92 Å². The van der Waals surface area contributed by atoms with Crippen molar-refractivity contribution in [3.63, 3.8) is 0 Å². The van der Waals surface area contributed by atoms with Gasteiger partial charge in [-0.2, -0.15) is 5.10 Å². The maximum absolute atomic E-state index is 11.9. The normalized spacial score (nSPS) is 10.6. The fourth-order valence-electron chi connectivity index (χ4n) is 2.36. The molecular formula is C19H15N5O3. The van der Waals surface area contributed by atoms with E-state index in [1.807, 2.05) is 19.2 Å². The highest BCUT2D eigenvalue weighted by Crippen LogP contribution is 2.22. The number of anilines is 1. The molecule has 0 saturated heterocycles. The Labute approximate surface area is 154 Å². The zero-order chi connectivity index (χ0) is 18.6. The number of nitrogens with one attached hydrogen (secondary N) is 1. The van der Waals surface area contributed by atoms with Gasteiger partial charge in [0.25, 0.3) is 5.91 Å². The standard InChI is InChI=1S/C19H15N5O3/c1-13-10-11-24(23-13)17-8-9-18(22-21-17)27-15-6-4-14(5-7-15)20-19(25)16-3-2-12-26-16/h2-12H,1H3,(H,20,25). The lowest BCUT2D eigenvalue weighted by atomic mass is 10.3. The summed E-state index contributed by atoms with van der Waals surface area (Å²) in [7, 11) is 0. The molecule has 1 aromatic carbocycles. The maximum atomic E-state index is 11.9. The first kappa shape index (κ1) is 16.5. The van der Waals surface area contributed by atoms with Gasteiger partial charge in [0.1, 0.15) is 5.75 Å². The number of carbonyl (C=O) groups excluding carboxylic acids is 1. The molecule has 27 heavy (non-hydrogen) atoms. The van der Waals surface area contributed by atoms with Crippen LogP contribution in [0.1, 0.15) is 16.2 Å². The van der Waals surface area contributed by atoms with E-state index in [2.05, 4.69) is 20.6 Å². The number of amides is 1. The van der Waals surface area contributed by atoms with Crippen LogP contribution >= 0.6 is 0 Å². The molecule has 1 N–H and O–H groups in total. The highest BCUT2D eigenvalue weighted by atomic mass is 16.5. The van der Waals surface area contributed by atoms with E-state index in [-0.39, 0.29) is 11.7 Å². The first-order chi connectivity index (χ1) is 13.2. The summed E-state index contributed by atoms with van der Waals surface area (Å²) in [5, 5.41) is 15.2. The highest BCUT2D eigenvalue weighted by molar-refractivity contribution is 6.02. The van der Waals surface area contributed by atoms with Crippen LogP contribution in [0.5, 0.6) is 11.6 Å². The summed E-state index contributed by atoms with van der Waals surface area (Å²) in [5.41, 5.74) is 1.52. The van der Waals surface area contributed by atoms with Gasteiger partial charge in [-0.3, -0.25) is 4.79 Å². The van der Waals surface area contributed by atoms with Crippen LogP contribution in [0.3, 0.4) is 0 Å². The third-order valence-corrected chi connectivity index (χ3v) is 3.66. The van der Waals surface area contributed by atoms with E-state index in [9.17, 15) is 4.79 Å². The molecule has 3 heterocycles. The summed E-state index contributed by atoms with van der Waals surface area (Å²) >= 11 is 0. The van der Waals surface area contributed by atoms with Crippen LogP contribution in [0.15, 0.2) is 71.5 Å². The van der Waals surface area contributed by atoms with Crippen molar-refractivity contribution < 1.29 is 13.9 Å². The Bertz CT molecular complexity index is 1040. The highest BCUT2D eigenvalue weighted by Gasteiger charge is 2.09. The Morgan fingerprint density at radius 3 is 2.56 bits per heavy atom. The van der Waals surface area contributed by atoms with Gasteiger partial charge in [-0.15, -0.1) is 10.2 Å². The number of aryl methyl sites for hydroxylation is 1. The van der Waals surface area contributed by atoms with Crippen molar-refractivity contribution in [2.75, 3.05) is 5.32 Å². The number of benzene rings is 1. The summed E-state index contributed by atoms with van der Waals surface area (Å²) in [6.07, 6.45) is 3.27. The molecule has 8 heteroatoms. The van der Waals surface area contributed by atoms with E-state index in [0.717, 1.165) is 5.69 Å². The second kappa shape index (κ2) is 7.12. The van der Waals surface area contributed by atoms with Crippen molar-refractivity contribution in [2.24, 2.45) is 0 Å². The zero-order valence-electron chi connectivity index (χ0n) is 14.4. The molecular weight excluding hydrogens is 346 g/mol. The summed E-state index contributed by atoms with van der Waals surface area (Å²) in [5.74, 6) is 1.46. The predicted octanol–water partition coefficient (Wildman–Crippen LogP) is 3.61. The summed E-state index contributed by atoms with van der Waals surface area (Å²) < 4.78 is 12.4. The minimum absolute atomic E-state index is 0.248. The van der Waals surface area contributed by atoms with Crippen molar-refractivity contribution in [1.29, 1.82) is 0 Å². The monoisotopic (exact) mass is 361 g/mol. The fraction of sp³-hybridized carbons (Fsp3) is 0.0526. The van der Waals surface area contributed by atoms with E-state index >= 15 is 0 Å². The molecule has 0 aliphatic rings. The molecule has 0 saturated carbocycles. The van der Waals surface area contributed by atoms with Gasteiger partial charge in [-0.1, -0.05) is 0 Å². The van der Waals surface area contributed by atoms with Gasteiger partial charge in [0.05, 0.1) is 12.0 Å². The summed E-state index contributed by atoms with van der Waals surface area (Å²) in [6, 6.07) is 15.5. The number of furan rings is 1. The number of aromatic nitrogens is 4. The third kappa shape index (κ3) is 3.84. The van der Waals surface area contributed by atoms with Crippen molar-refractivity contribution in [3.8, 4) is 17.4 Å². The molecule has 0 atom stereocenters. The second-order valence-corrected chi connectivity index (χ2v) is 5.69. The van der Waals surface area contributed by atoms with E-state index in [0.29, 0.717) is 23.1 Å². The van der Waals surface area contributed by atoms with Gasteiger partial charge in [0.2, 0.25) is 5.88 Å². The van der Waals surface area contributed by atoms with E-state index in [4.69, 9.17) is 9.15 Å². The summed E-state index contributed by atoms with van der Waals surface area (Å²) in [6.45, 7) is 1.90. The fourth-order valence-corrected chi connectivity index (χ4v) is 2.36. The smallest absolute Gasteiger partial charge is 0.291 e. The third-order valence-electron chi connectivity index (χ3n) is 3.66. The molecule has 4 aromatic rings. The molecule has 0 aliphatic heterocycles. The average Bonchev–Trinajstić information content (AvgIpc) is 3.36. The number of carbonyl (C=O) groups is 1. The molecule has 0 spiro atoms. The van der Waals surface area contributed by atoms with Crippen LogP contribution in [0.2, 0.25) is 0 Å². The number of hydrogen-bond donors (Lipinski definition) is 1. The molecule has 134 valence electrons. The SMILES string of the molecule is Cc1ccn(-c2ccc(Oc3ccc(NC(=O)c4ccco4)cc3)nn2)n1. The van der Waals surface area contributed by atoms with Crippen LogP contribution < -0.4 is 10.1 Å². The van der Waals surface area contributed by atoms with Gasteiger partial charge < -0.3 is 14.5 Å². The molecule has 0 unspecified atom stereocenters. The quantitative estimate of drug-likeness (QED) is 0.583. The largest absolute Gasteiger partial charge is 0.459 e. The molecule has 3 aromatic heterocycles. The van der Waals surface area contributed by atoms with Crippen molar-refractivity contribution >= 4 is 11.6 Å². The Kier molecular flexibility index (Phi) is 4.36. The number of rotatable bonds is 5. The lowest BCUT2D eigenvalue weighted by Gasteiger charge is -2.07. The van der Waals surface area contributed by atoms with Gasteiger partial charge in [0.15, 0.2) is 11.6 Å². The van der Waals surface area contributed by atoms with Gasteiger partial charge >= 0.3 is 0 Å². The Hall–Kier alpha value is -3.94. The van der Waals surface area contributed by atoms with E-state index in [1.54, 1.807) is 53.2 Å². The number of ether oxygens (including phenoxy) is 1. The van der Waals surface area contributed by atoms with Crippen molar-refractivity contribution in [3.05, 3.63) is 78.5 Å². The molecule has 0 radical (unpaired) electrons.